The van der Waals surface area contributed by atoms with Gasteiger partial charge in [-0.3, -0.25) is 4.79 Å². The zero-order valence-electron chi connectivity index (χ0n) is 9.32. The minimum Gasteiger partial charge on any atom is -0.466 e. The van der Waals surface area contributed by atoms with Crippen LogP contribution in [0.3, 0.4) is 0 Å². The molecule has 0 amide bonds. The summed E-state index contributed by atoms with van der Waals surface area (Å²) in [5, 5.41) is 3.02. The number of nitrogens with two attached hydrogens (primary N) is 1. The number of hydrogen-bond acceptors (Lipinski definition) is 4. The number of anilines is 2. The van der Waals surface area contributed by atoms with Gasteiger partial charge in [0.2, 0.25) is 0 Å². The summed E-state index contributed by atoms with van der Waals surface area (Å²) in [4.78, 5) is 11.1. The molecule has 0 aliphatic rings. The lowest BCUT2D eigenvalue weighted by atomic mass is 9.93. The number of carbonyl (C=O) groups excluding carboxylic acids is 1. The molecule has 0 spiro atoms. The molecule has 1 aromatic rings. The maximum absolute atomic E-state index is 11.1. The van der Waals surface area contributed by atoms with Crippen LogP contribution in [-0.4, -0.2) is 27.0 Å². The normalized spacial score (nSPS) is 9.81. The molecule has 16 heavy (non-hydrogen) atoms. The number of para-hydroxylation sites is 1. The topological polar surface area (TPSA) is 64.3 Å². The van der Waals surface area contributed by atoms with Gasteiger partial charge in [0.1, 0.15) is 7.85 Å². The number of ether oxygens (including phenoxy) is 1. The second kappa shape index (κ2) is 6.05. The number of benzene rings is 1. The fourth-order valence-corrected chi connectivity index (χ4v) is 1.32. The van der Waals surface area contributed by atoms with Crippen LogP contribution in [0.5, 0.6) is 0 Å². The van der Waals surface area contributed by atoms with Crippen LogP contribution in [0.25, 0.3) is 0 Å². The molecule has 84 valence electrons. The largest absolute Gasteiger partial charge is 0.466 e. The van der Waals surface area contributed by atoms with Crippen molar-refractivity contribution in [2.75, 3.05) is 24.2 Å². The molecular formula is C11H15BN2O2. The summed E-state index contributed by atoms with van der Waals surface area (Å²) in [7, 11) is 5.74. The van der Waals surface area contributed by atoms with Gasteiger partial charge in [-0.15, -0.1) is 0 Å². The van der Waals surface area contributed by atoms with Crippen molar-refractivity contribution in [2.45, 2.75) is 13.3 Å². The highest BCUT2D eigenvalue weighted by molar-refractivity contribution is 6.36. The minimum absolute atomic E-state index is 0.233. The third kappa shape index (κ3) is 3.49. The van der Waals surface area contributed by atoms with Crippen molar-refractivity contribution in [1.82, 2.24) is 0 Å². The smallest absolute Gasteiger partial charge is 0.307 e. The third-order valence-corrected chi connectivity index (χ3v) is 2.07. The number of rotatable bonds is 5. The summed E-state index contributed by atoms with van der Waals surface area (Å²) in [5.41, 5.74) is 7.56. The molecule has 0 bridgehead atoms. The summed E-state index contributed by atoms with van der Waals surface area (Å²) >= 11 is 0. The molecule has 0 aliphatic carbocycles. The molecule has 4 nitrogen and oxygen atoms in total. The number of nitrogens with one attached hydrogen (secondary N) is 1. The van der Waals surface area contributed by atoms with Crippen molar-refractivity contribution in [3.8, 4) is 0 Å². The maximum Gasteiger partial charge on any atom is 0.307 e. The Morgan fingerprint density at radius 1 is 1.56 bits per heavy atom. The second-order valence-corrected chi connectivity index (χ2v) is 3.29. The average Bonchev–Trinajstić information content (AvgIpc) is 2.23. The van der Waals surface area contributed by atoms with E-state index in [9.17, 15) is 4.79 Å². The quantitative estimate of drug-likeness (QED) is 0.427. The van der Waals surface area contributed by atoms with Gasteiger partial charge >= 0.3 is 5.97 Å². The van der Waals surface area contributed by atoms with Gasteiger partial charge < -0.3 is 15.8 Å². The Bertz CT molecular complexity index is 349. The van der Waals surface area contributed by atoms with Crippen molar-refractivity contribution in [3.05, 3.63) is 18.2 Å². The van der Waals surface area contributed by atoms with E-state index in [1.807, 2.05) is 0 Å². The highest BCUT2D eigenvalue weighted by atomic mass is 16.5. The van der Waals surface area contributed by atoms with Gasteiger partial charge in [-0.25, -0.2) is 0 Å². The average molecular weight is 218 g/mol. The van der Waals surface area contributed by atoms with E-state index in [2.05, 4.69) is 5.32 Å². The van der Waals surface area contributed by atoms with Crippen LogP contribution in [0.4, 0.5) is 11.4 Å². The molecule has 1 aromatic carbocycles. The standard InChI is InChI=1S/C11H15BN2O2/c1-2-16-10(15)6-7-14-11-8(12)4-3-5-9(11)13/h3-5,14H,2,6-7,13H2,1H3. The molecule has 0 saturated heterocycles. The Kier molecular flexibility index (Phi) is 4.70. The molecule has 0 aliphatic heterocycles. The summed E-state index contributed by atoms with van der Waals surface area (Å²) in [6.07, 6.45) is 0.293. The first-order chi connectivity index (χ1) is 7.65. The first-order valence-electron chi connectivity index (χ1n) is 5.18. The predicted octanol–water partition coefficient (Wildman–Crippen LogP) is 0.428. The molecule has 0 saturated carbocycles. The molecule has 2 radical (unpaired) electrons. The molecular weight excluding hydrogens is 203 g/mol. The number of nitrogen functional groups attached to an aromatic ring is 1. The highest BCUT2D eigenvalue weighted by Crippen LogP contribution is 2.13. The van der Waals surface area contributed by atoms with Gasteiger partial charge in [0.05, 0.1) is 24.4 Å². The van der Waals surface area contributed by atoms with E-state index in [1.54, 1.807) is 25.1 Å². The third-order valence-electron chi connectivity index (χ3n) is 2.07. The van der Waals surface area contributed by atoms with Crippen molar-refractivity contribution in [2.24, 2.45) is 0 Å². The summed E-state index contributed by atoms with van der Waals surface area (Å²) < 4.78 is 4.80. The van der Waals surface area contributed by atoms with E-state index < -0.39 is 0 Å². The molecule has 0 atom stereocenters. The highest BCUT2D eigenvalue weighted by Gasteiger charge is 2.04. The molecule has 3 N–H and O–H groups in total. The van der Waals surface area contributed by atoms with Crippen LogP contribution in [0.15, 0.2) is 18.2 Å². The van der Waals surface area contributed by atoms with E-state index in [0.29, 0.717) is 36.4 Å². The van der Waals surface area contributed by atoms with Gasteiger partial charge in [0.15, 0.2) is 0 Å². The Hall–Kier alpha value is -1.65. The van der Waals surface area contributed by atoms with E-state index in [0.717, 1.165) is 0 Å². The van der Waals surface area contributed by atoms with E-state index in [-0.39, 0.29) is 5.97 Å². The Morgan fingerprint density at radius 3 is 2.94 bits per heavy atom. The van der Waals surface area contributed by atoms with E-state index >= 15 is 0 Å². The lowest BCUT2D eigenvalue weighted by molar-refractivity contribution is -0.142. The second-order valence-electron chi connectivity index (χ2n) is 3.29. The van der Waals surface area contributed by atoms with Gasteiger partial charge in [-0.2, -0.15) is 0 Å². The fraction of sp³-hybridized carbons (Fsp3) is 0.364. The Labute approximate surface area is 96.6 Å². The molecule has 5 heteroatoms. The van der Waals surface area contributed by atoms with Crippen LogP contribution in [0, 0.1) is 0 Å². The van der Waals surface area contributed by atoms with Gasteiger partial charge in [-0.1, -0.05) is 17.6 Å². The van der Waals surface area contributed by atoms with E-state index in [1.165, 1.54) is 0 Å². The SMILES string of the molecule is [B]c1cccc(N)c1NCCC(=O)OCC. The Balaban J connectivity index is 2.46. The van der Waals surface area contributed by atoms with Crippen molar-refractivity contribution in [3.63, 3.8) is 0 Å². The van der Waals surface area contributed by atoms with Gasteiger partial charge in [0.25, 0.3) is 0 Å². The van der Waals surface area contributed by atoms with Crippen molar-refractivity contribution < 1.29 is 9.53 Å². The van der Waals surface area contributed by atoms with Gasteiger partial charge in [-0.05, 0) is 13.0 Å². The summed E-state index contributed by atoms with van der Waals surface area (Å²) in [6, 6.07) is 5.29. The monoisotopic (exact) mass is 218 g/mol. The lowest BCUT2D eigenvalue weighted by Crippen LogP contribution is -2.18. The van der Waals surface area contributed by atoms with Crippen molar-refractivity contribution in [1.29, 1.82) is 0 Å². The summed E-state index contributed by atoms with van der Waals surface area (Å²) in [6.45, 7) is 2.63. The zero-order chi connectivity index (χ0) is 12.0. The number of carbonyl (C=O) groups is 1. The number of hydrogen-bond donors (Lipinski definition) is 2. The minimum atomic E-state index is -0.233. The first kappa shape index (κ1) is 12.4. The maximum atomic E-state index is 11.1. The first-order valence-corrected chi connectivity index (χ1v) is 5.18. The molecule has 1 rings (SSSR count). The van der Waals surface area contributed by atoms with Crippen LogP contribution >= 0.6 is 0 Å². The van der Waals surface area contributed by atoms with Crippen LogP contribution in [0.1, 0.15) is 13.3 Å². The molecule has 0 fully saturated rings. The van der Waals surface area contributed by atoms with Gasteiger partial charge in [0, 0.05) is 6.54 Å². The lowest BCUT2D eigenvalue weighted by Gasteiger charge is -2.12. The Morgan fingerprint density at radius 2 is 2.31 bits per heavy atom. The molecule has 0 aromatic heterocycles. The van der Waals surface area contributed by atoms with Crippen LogP contribution < -0.4 is 16.5 Å². The zero-order valence-corrected chi connectivity index (χ0v) is 9.32. The van der Waals surface area contributed by atoms with E-state index in [4.69, 9.17) is 18.3 Å². The van der Waals surface area contributed by atoms with Crippen LogP contribution in [0.2, 0.25) is 0 Å². The molecule has 0 heterocycles. The van der Waals surface area contributed by atoms with Crippen molar-refractivity contribution >= 4 is 30.7 Å². The van der Waals surface area contributed by atoms with Crippen LogP contribution in [-0.2, 0) is 9.53 Å². The molecule has 0 unspecified atom stereocenters. The number of esters is 1. The fourth-order valence-electron chi connectivity index (χ4n) is 1.32. The summed E-state index contributed by atoms with van der Waals surface area (Å²) in [5.74, 6) is -0.233. The predicted molar refractivity (Wildman–Crippen MR) is 66.0 cm³/mol.